The summed E-state index contributed by atoms with van der Waals surface area (Å²) in [5, 5.41) is 0. The Bertz CT molecular complexity index is 491. The van der Waals surface area contributed by atoms with Gasteiger partial charge in [-0.1, -0.05) is 92.9 Å². The van der Waals surface area contributed by atoms with E-state index >= 15 is 0 Å². The van der Waals surface area contributed by atoms with Crippen molar-refractivity contribution in [3.8, 4) is 0 Å². The summed E-state index contributed by atoms with van der Waals surface area (Å²) in [6.45, 7) is 13.2. The molecule has 0 amide bonds. The fourth-order valence-electron chi connectivity index (χ4n) is 3.22. The number of carbonyl (C=O) groups excluding carboxylic acids is 2. The lowest BCUT2D eigenvalue weighted by molar-refractivity contribution is -0.143. The summed E-state index contributed by atoms with van der Waals surface area (Å²) >= 11 is 0. The summed E-state index contributed by atoms with van der Waals surface area (Å²) < 4.78 is 11.1. The molecule has 0 heterocycles. The van der Waals surface area contributed by atoms with Crippen LogP contribution in [0.3, 0.4) is 0 Å². The van der Waals surface area contributed by atoms with Crippen molar-refractivity contribution >= 4 is 11.9 Å². The lowest BCUT2D eigenvalue weighted by Crippen LogP contribution is -2.20. The molecule has 0 N–H and O–H groups in total. The molecule has 176 valence electrons. The van der Waals surface area contributed by atoms with E-state index in [0.29, 0.717) is 37.2 Å². The van der Waals surface area contributed by atoms with E-state index in [0.717, 1.165) is 38.5 Å². The highest BCUT2D eigenvalue weighted by atomic mass is 16.5. The molecule has 0 rings (SSSR count). The molecule has 0 aliphatic carbocycles. The molecule has 0 radical (unpaired) electrons. The first-order chi connectivity index (χ1) is 14.3. The van der Waals surface area contributed by atoms with Crippen molar-refractivity contribution in [2.75, 3.05) is 13.2 Å². The van der Waals surface area contributed by atoms with Gasteiger partial charge in [-0.2, -0.15) is 0 Å². The van der Waals surface area contributed by atoms with Gasteiger partial charge < -0.3 is 9.47 Å². The Kier molecular flexibility index (Phi) is 17.6. The first-order valence-corrected chi connectivity index (χ1v) is 12.4. The molecule has 0 aliphatic heterocycles. The van der Waals surface area contributed by atoms with Gasteiger partial charge in [-0.3, -0.25) is 0 Å². The molecule has 0 atom stereocenters. The van der Waals surface area contributed by atoms with Gasteiger partial charge >= 0.3 is 11.9 Å². The summed E-state index contributed by atoms with van der Waals surface area (Å²) in [5.74, 6) is -0.123. The summed E-state index contributed by atoms with van der Waals surface area (Å²) in [4.78, 5) is 25.8. The molecule has 0 aliphatic rings. The Balaban J connectivity index is 5.39. The molecule has 0 unspecified atom stereocenters. The third-order valence-corrected chi connectivity index (χ3v) is 5.01. The van der Waals surface area contributed by atoms with Gasteiger partial charge in [0, 0.05) is 11.1 Å². The average Bonchev–Trinajstić information content (AvgIpc) is 2.70. The minimum absolute atomic E-state index is 0.269. The zero-order valence-corrected chi connectivity index (χ0v) is 20.7. The second kappa shape index (κ2) is 18.4. The molecule has 4 heteroatoms. The SMILES string of the molecule is CCCCCCCCC(C(=O)OCC(C)C)=C(CCCCCC)C(=O)OCC(C)C. The highest BCUT2D eigenvalue weighted by molar-refractivity contribution is 6.00. The highest BCUT2D eigenvalue weighted by Crippen LogP contribution is 2.23. The first-order valence-electron chi connectivity index (χ1n) is 12.4. The molecule has 0 aromatic carbocycles. The van der Waals surface area contributed by atoms with Gasteiger partial charge in [0.25, 0.3) is 0 Å². The molecule has 4 nitrogen and oxygen atoms in total. The number of ether oxygens (including phenoxy) is 2. The molecule has 0 bridgehead atoms. The minimum atomic E-state index is -0.331. The van der Waals surface area contributed by atoms with Gasteiger partial charge in [0.05, 0.1) is 13.2 Å². The Labute approximate surface area is 186 Å². The van der Waals surface area contributed by atoms with Gasteiger partial charge in [-0.15, -0.1) is 0 Å². The van der Waals surface area contributed by atoms with Crippen molar-refractivity contribution in [3.63, 3.8) is 0 Å². The predicted molar refractivity (Wildman–Crippen MR) is 125 cm³/mol. The van der Waals surface area contributed by atoms with Crippen LogP contribution < -0.4 is 0 Å². The number of hydrogen-bond donors (Lipinski definition) is 0. The van der Waals surface area contributed by atoms with E-state index in [2.05, 4.69) is 13.8 Å². The normalized spacial score (nSPS) is 12.3. The van der Waals surface area contributed by atoms with Gasteiger partial charge in [-0.25, -0.2) is 9.59 Å². The fraction of sp³-hybridized carbons (Fsp3) is 0.846. The summed E-state index contributed by atoms with van der Waals surface area (Å²) in [5.41, 5.74) is 1.10. The monoisotopic (exact) mass is 424 g/mol. The van der Waals surface area contributed by atoms with Gasteiger partial charge in [0.2, 0.25) is 0 Å². The zero-order valence-electron chi connectivity index (χ0n) is 20.7. The van der Waals surface area contributed by atoms with E-state index in [9.17, 15) is 9.59 Å². The van der Waals surface area contributed by atoms with Crippen LogP contribution in [0.15, 0.2) is 11.1 Å². The van der Waals surface area contributed by atoms with E-state index in [1.165, 1.54) is 25.7 Å². The van der Waals surface area contributed by atoms with Gasteiger partial charge in [-0.05, 0) is 37.5 Å². The number of rotatable bonds is 18. The Morgan fingerprint density at radius 3 is 1.27 bits per heavy atom. The zero-order chi connectivity index (χ0) is 22.8. The van der Waals surface area contributed by atoms with Crippen molar-refractivity contribution in [2.24, 2.45) is 11.8 Å². The molecule has 0 spiro atoms. The van der Waals surface area contributed by atoms with E-state index in [-0.39, 0.29) is 23.8 Å². The smallest absolute Gasteiger partial charge is 0.334 e. The Morgan fingerprint density at radius 2 is 0.900 bits per heavy atom. The molecule has 0 fully saturated rings. The van der Waals surface area contributed by atoms with E-state index in [1.807, 2.05) is 27.7 Å². The molecular weight excluding hydrogens is 376 g/mol. The lowest BCUT2D eigenvalue weighted by Gasteiger charge is -2.16. The molecule has 0 saturated carbocycles. The van der Waals surface area contributed by atoms with Gasteiger partial charge in [0.15, 0.2) is 0 Å². The maximum absolute atomic E-state index is 12.9. The number of hydrogen-bond acceptors (Lipinski definition) is 4. The Hall–Kier alpha value is -1.32. The Morgan fingerprint density at radius 1 is 0.567 bits per heavy atom. The van der Waals surface area contributed by atoms with E-state index in [4.69, 9.17) is 9.47 Å². The second-order valence-electron chi connectivity index (χ2n) is 9.27. The number of unbranched alkanes of at least 4 members (excludes halogenated alkanes) is 8. The fourth-order valence-corrected chi connectivity index (χ4v) is 3.22. The van der Waals surface area contributed by atoms with Crippen LogP contribution >= 0.6 is 0 Å². The van der Waals surface area contributed by atoms with Crippen molar-refractivity contribution < 1.29 is 19.1 Å². The van der Waals surface area contributed by atoms with E-state index in [1.54, 1.807) is 0 Å². The van der Waals surface area contributed by atoms with Crippen molar-refractivity contribution in [3.05, 3.63) is 11.1 Å². The summed E-state index contributed by atoms with van der Waals surface area (Å²) in [7, 11) is 0. The van der Waals surface area contributed by atoms with Crippen LogP contribution in [0.5, 0.6) is 0 Å². The third kappa shape index (κ3) is 14.6. The van der Waals surface area contributed by atoms with Crippen molar-refractivity contribution in [1.82, 2.24) is 0 Å². The summed E-state index contributed by atoms with van der Waals surface area (Å²) in [6, 6.07) is 0. The largest absolute Gasteiger partial charge is 0.462 e. The van der Waals surface area contributed by atoms with Crippen LogP contribution in [0.4, 0.5) is 0 Å². The van der Waals surface area contributed by atoms with Crippen LogP contribution in [0.1, 0.15) is 119 Å². The van der Waals surface area contributed by atoms with Crippen molar-refractivity contribution in [1.29, 1.82) is 0 Å². The predicted octanol–water partition coefficient (Wildman–Crippen LogP) is 7.40. The van der Waals surface area contributed by atoms with Crippen LogP contribution in [-0.2, 0) is 19.1 Å². The standard InChI is InChI=1S/C26H48O4/c1-7-9-11-13-14-16-18-24(26(28)30-20-22(5)6)23(17-15-12-10-8-2)25(27)29-19-21(3)4/h21-22H,7-20H2,1-6H3. The maximum atomic E-state index is 12.9. The highest BCUT2D eigenvalue weighted by Gasteiger charge is 2.23. The topological polar surface area (TPSA) is 52.6 Å². The van der Waals surface area contributed by atoms with Crippen LogP contribution in [0.2, 0.25) is 0 Å². The molecule has 0 aromatic heterocycles. The molecular formula is C26H48O4. The van der Waals surface area contributed by atoms with Crippen LogP contribution in [0.25, 0.3) is 0 Å². The van der Waals surface area contributed by atoms with Crippen LogP contribution in [-0.4, -0.2) is 25.2 Å². The average molecular weight is 425 g/mol. The molecule has 0 aromatic rings. The third-order valence-electron chi connectivity index (χ3n) is 5.01. The first kappa shape index (κ1) is 28.7. The lowest BCUT2D eigenvalue weighted by atomic mass is 9.96. The quantitative estimate of drug-likeness (QED) is 0.131. The maximum Gasteiger partial charge on any atom is 0.334 e. The van der Waals surface area contributed by atoms with Crippen molar-refractivity contribution in [2.45, 2.75) is 119 Å². The van der Waals surface area contributed by atoms with Gasteiger partial charge in [0.1, 0.15) is 0 Å². The molecule has 0 saturated heterocycles. The molecule has 30 heavy (non-hydrogen) atoms. The summed E-state index contributed by atoms with van der Waals surface area (Å²) in [6.07, 6.45) is 12.3. The van der Waals surface area contributed by atoms with Crippen LogP contribution in [0, 0.1) is 11.8 Å². The number of esters is 2. The second-order valence-corrected chi connectivity index (χ2v) is 9.27. The minimum Gasteiger partial charge on any atom is -0.462 e. The van der Waals surface area contributed by atoms with E-state index < -0.39 is 0 Å². The number of carbonyl (C=O) groups is 2.